The van der Waals surface area contributed by atoms with Gasteiger partial charge in [0.2, 0.25) is 0 Å². The zero-order chi connectivity index (χ0) is 21.1. The molecule has 0 unspecified atom stereocenters. The van der Waals surface area contributed by atoms with Crippen molar-refractivity contribution in [1.29, 1.82) is 5.26 Å². The molecule has 1 aromatic heterocycles. The molecule has 0 aliphatic carbocycles. The fraction of sp³-hybridized carbons (Fsp3) is 0.120. The van der Waals surface area contributed by atoms with Gasteiger partial charge >= 0.3 is 0 Å². The lowest BCUT2D eigenvalue weighted by Gasteiger charge is -2.10. The molecule has 0 aliphatic rings. The van der Waals surface area contributed by atoms with Crippen molar-refractivity contribution in [3.63, 3.8) is 0 Å². The summed E-state index contributed by atoms with van der Waals surface area (Å²) in [5.41, 5.74) is 5.44. The normalized spacial score (nSPS) is 11.7. The Balaban J connectivity index is 1.86. The highest BCUT2D eigenvalue weighted by Gasteiger charge is 2.18. The number of hydrogen-bond donors (Lipinski definition) is 2. The highest BCUT2D eigenvalue weighted by molar-refractivity contribution is 6.21. The van der Waals surface area contributed by atoms with E-state index in [1.165, 1.54) is 5.56 Å². The predicted molar refractivity (Wildman–Crippen MR) is 120 cm³/mol. The Morgan fingerprint density at radius 2 is 1.77 bits per heavy atom. The number of nitriles is 1. The Bertz CT molecular complexity index is 1250. The minimum absolute atomic E-state index is 0.0342. The summed E-state index contributed by atoms with van der Waals surface area (Å²) in [4.78, 5) is 10.0. The molecule has 0 bridgehead atoms. The minimum atomic E-state index is 0.0342. The van der Waals surface area contributed by atoms with Crippen LogP contribution in [0.1, 0.15) is 22.3 Å². The van der Waals surface area contributed by atoms with Crippen molar-refractivity contribution in [2.45, 2.75) is 6.54 Å². The first-order chi connectivity index (χ1) is 14.5. The molecule has 0 spiro atoms. The van der Waals surface area contributed by atoms with E-state index < -0.39 is 0 Å². The Labute approximate surface area is 175 Å². The second-order valence-electron chi connectivity index (χ2n) is 7.45. The van der Waals surface area contributed by atoms with Crippen LogP contribution in [0.3, 0.4) is 0 Å². The van der Waals surface area contributed by atoms with Gasteiger partial charge < -0.3 is 15.0 Å². The van der Waals surface area contributed by atoms with Gasteiger partial charge in [-0.3, -0.25) is 0 Å². The van der Waals surface area contributed by atoms with Crippen LogP contribution in [0, 0.1) is 11.3 Å². The quantitative estimate of drug-likeness (QED) is 0.469. The van der Waals surface area contributed by atoms with Crippen LogP contribution >= 0.6 is 0 Å². The largest absolute Gasteiger partial charge is 0.494 e. The van der Waals surface area contributed by atoms with Crippen molar-refractivity contribution in [3.8, 4) is 11.9 Å². The molecule has 30 heavy (non-hydrogen) atoms. The number of aliphatic imine (C=N–C) groups is 1. The van der Waals surface area contributed by atoms with E-state index in [-0.39, 0.29) is 5.88 Å². The molecule has 5 nitrogen and oxygen atoms in total. The van der Waals surface area contributed by atoms with E-state index in [1.54, 1.807) is 12.1 Å². The van der Waals surface area contributed by atoms with Crippen molar-refractivity contribution in [2.24, 2.45) is 4.99 Å². The number of fused-ring (bicyclic) bond motifs is 1. The van der Waals surface area contributed by atoms with Gasteiger partial charge in [0.05, 0.1) is 34.1 Å². The summed E-state index contributed by atoms with van der Waals surface area (Å²) >= 11 is 0. The molecule has 2 N–H and O–H groups in total. The number of aromatic amines is 1. The minimum Gasteiger partial charge on any atom is -0.494 e. The lowest BCUT2D eigenvalue weighted by molar-refractivity contribution is 0.402. The maximum Gasteiger partial charge on any atom is 0.199 e. The molecule has 148 valence electrons. The fourth-order valence-electron chi connectivity index (χ4n) is 3.52. The first-order valence-electron chi connectivity index (χ1n) is 9.68. The second kappa shape index (κ2) is 8.24. The molecule has 0 radical (unpaired) electrons. The zero-order valence-electron chi connectivity index (χ0n) is 16.9. The summed E-state index contributed by atoms with van der Waals surface area (Å²) in [6.45, 7) is 0.861. The molecule has 0 atom stereocenters. The number of nitrogens with one attached hydrogen (secondary N) is 1. The van der Waals surface area contributed by atoms with Gasteiger partial charge in [-0.15, -0.1) is 0 Å². The third-order valence-electron chi connectivity index (χ3n) is 4.87. The van der Waals surface area contributed by atoms with E-state index >= 15 is 0 Å². The average molecular weight is 394 g/mol. The molecule has 0 fully saturated rings. The summed E-state index contributed by atoms with van der Waals surface area (Å²) in [7, 11) is 4.08. The van der Waals surface area contributed by atoms with Crippen molar-refractivity contribution in [1.82, 2.24) is 9.88 Å². The molecule has 0 saturated carbocycles. The van der Waals surface area contributed by atoms with Gasteiger partial charge in [-0.1, -0.05) is 48.5 Å². The maximum atomic E-state index is 10.7. The molecular weight excluding hydrogens is 372 g/mol. The SMILES string of the molecule is CN(C)Cc1ccc(N=C(c2ccccc2)c2c(O)[nH]c3cc(C#N)ccc23)cc1. The van der Waals surface area contributed by atoms with Gasteiger partial charge in [-0.25, -0.2) is 4.99 Å². The van der Waals surface area contributed by atoms with E-state index in [9.17, 15) is 10.4 Å². The third kappa shape index (κ3) is 3.95. The Morgan fingerprint density at radius 1 is 1.03 bits per heavy atom. The molecule has 1 heterocycles. The molecule has 4 rings (SSSR count). The van der Waals surface area contributed by atoms with E-state index in [0.29, 0.717) is 22.4 Å². The zero-order valence-corrected chi connectivity index (χ0v) is 16.9. The lowest BCUT2D eigenvalue weighted by Crippen LogP contribution is -2.10. The summed E-state index contributed by atoms with van der Waals surface area (Å²) in [5.74, 6) is 0.0342. The summed E-state index contributed by atoms with van der Waals surface area (Å²) in [5, 5.41) is 20.7. The second-order valence-corrected chi connectivity index (χ2v) is 7.45. The summed E-state index contributed by atoms with van der Waals surface area (Å²) in [6, 6.07) is 25.4. The average Bonchev–Trinajstić information content (AvgIpc) is 3.08. The Hall–Kier alpha value is -3.88. The number of benzene rings is 3. The monoisotopic (exact) mass is 394 g/mol. The molecule has 0 aliphatic heterocycles. The van der Waals surface area contributed by atoms with Crippen molar-refractivity contribution >= 4 is 22.3 Å². The highest BCUT2D eigenvalue weighted by atomic mass is 16.3. The van der Waals surface area contributed by atoms with Crippen molar-refractivity contribution < 1.29 is 5.11 Å². The maximum absolute atomic E-state index is 10.7. The van der Waals surface area contributed by atoms with Gasteiger partial charge in [0.15, 0.2) is 5.88 Å². The number of nitrogens with zero attached hydrogens (tertiary/aromatic N) is 3. The van der Waals surface area contributed by atoms with Crippen LogP contribution in [0.4, 0.5) is 5.69 Å². The van der Waals surface area contributed by atoms with E-state index in [1.807, 2.05) is 62.6 Å². The van der Waals surface area contributed by atoms with Crippen molar-refractivity contribution in [2.75, 3.05) is 14.1 Å². The van der Waals surface area contributed by atoms with Crippen LogP contribution in [-0.2, 0) is 6.54 Å². The van der Waals surface area contributed by atoms with E-state index in [4.69, 9.17) is 4.99 Å². The summed E-state index contributed by atoms with van der Waals surface area (Å²) in [6.07, 6.45) is 0. The van der Waals surface area contributed by atoms with E-state index in [0.717, 1.165) is 23.2 Å². The standard InChI is InChI=1S/C25H22N4O/c1-29(2)16-17-8-11-20(12-9-17)27-24(19-6-4-3-5-7-19)23-21-13-10-18(15-26)14-22(21)28-25(23)30/h3-14,28,30H,16H2,1-2H3. The van der Waals surface area contributed by atoms with Gasteiger partial charge in [0, 0.05) is 17.5 Å². The third-order valence-corrected chi connectivity index (χ3v) is 4.87. The van der Waals surface area contributed by atoms with Crippen LogP contribution < -0.4 is 0 Å². The fourth-order valence-corrected chi connectivity index (χ4v) is 3.52. The van der Waals surface area contributed by atoms with Gasteiger partial charge in [0.25, 0.3) is 0 Å². The first-order valence-corrected chi connectivity index (χ1v) is 9.68. The van der Waals surface area contributed by atoms with E-state index in [2.05, 4.69) is 28.1 Å². The predicted octanol–water partition coefficient (Wildman–Crippen LogP) is 4.98. The molecule has 0 amide bonds. The Morgan fingerprint density at radius 3 is 2.43 bits per heavy atom. The molecular formula is C25H22N4O. The lowest BCUT2D eigenvalue weighted by atomic mass is 10.00. The van der Waals surface area contributed by atoms with Crippen LogP contribution in [0.2, 0.25) is 0 Å². The number of aromatic hydroxyl groups is 1. The first kappa shape index (κ1) is 19.4. The van der Waals surface area contributed by atoms with Gasteiger partial charge in [0.1, 0.15) is 0 Å². The molecule has 3 aromatic carbocycles. The topological polar surface area (TPSA) is 75.4 Å². The number of rotatable bonds is 5. The highest BCUT2D eigenvalue weighted by Crippen LogP contribution is 2.32. The Kier molecular flexibility index (Phi) is 5.34. The summed E-state index contributed by atoms with van der Waals surface area (Å²) < 4.78 is 0. The van der Waals surface area contributed by atoms with Crippen LogP contribution in [-0.4, -0.2) is 34.8 Å². The van der Waals surface area contributed by atoms with Gasteiger partial charge in [-0.05, 0) is 43.9 Å². The van der Waals surface area contributed by atoms with Crippen LogP contribution in [0.25, 0.3) is 10.9 Å². The molecule has 0 saturated heterocycles. The number of hydrogen-bond acceptors (Lipinski definition) is 4. The number of H-pyrrole nitrogens is 1. The van der Waals surface area contributed by atoms with Crippen LogP contribution in [0.15, 0.2) is 77.8 Å². The molecule has 4 aromatic rings. The van der Waals surface area contributed by atoms with Crippen LogP contribution in [0.5, 0.6) is 5.88 Å². The molecule has 5 heteroatoms. The smallest absolute Gasteiger partial charge is 0.199 e. The number of aromatic nitrogens is 1. The van der Waals surface area contributed by atoms with Crippen molar-refractivity contribution in [3.05, 3.63) is 95.1 Å². The van der Waals surface area contributed by atoms with Gasteiger partial charge in [-0.2, -0.15) is 5.26 Å².